The highest BCUT2D eigenvalue weighted by molar-refractivity contribution is 5.94. The third kappa shape index (κ3) is 4.13. The van der Waals surface area contributed by atoms with Gasteiger partial charge >= 0.3 is 0 Å². The van der Waals surface area contributed by atoms with Crippen molar-refractivity contribution in [3.8, 4) is 0 Å². The molecule has 8 atom stereocenters. The number of benzene rings is 1. The van der Waals surface area contributed by atoms with Crippen LogP contribution in [0, 0.1) is 34.0 Å². The van der Waals surface area contributed by atoms with Crippen LogP contribution in [0.4, 0.5) is 0 Å². The van der Waals surface area contributed by atoms with E-state index in [0.29, 0.717) is 28.9 Å². The van der Waals surface area contributed by atoms with Gasteiger partial charge in [0.05, 0.1) is 5.60 Å². The van der Waals surface area contributed by atoms with Crippen LogP contribution in [0.5, 0.6) is 0 Å². The molecule has 1 aromatic rings. The zero-order valence-corrected chi connectivity index (χ0v) is 24.3. The molecule has 0 aliphatic heterocycles. The molecule has 0 heterocycles. The Morgan fingerprint density at radius 2 is 1.70 bits per heavy atom. The highest BCUT2D eigenvalue weighted by atomic mass is 16.3. The van der Waals surface area contributed by atoms with Gasteiger partial charge in [-0.05, 0) is 119 Å². The third-order valence-electron chi connectivity index (χ3n) is 12.4. The van der Waals surface area contributed by atoms with E-state index in [-0.39, 0.29) is 28.7 Å². The van der Waals surface area contributed by atoms with E-state index < -0.39 is 5.60 Å². The SMILES string of the molecule is C[C@@H]([C@@H]1CC[C@@]2(C)[C@@H]3CC[C@H]4C(C)(C)[C@@H](NC(=O)c5ccccc5)CC[C@]4(O)CC3=CC[C@]12C)N(C)C. The van der Waals surface area contributed by atoms with Gasteiger partial charge in [-0.25, -0.2) is 0 Å². The van der Waals surface area contributed by atoms with E-state index in [1.807, 2.05) is 30.3 Å². The van der Waals surface area contributed by atoms with Crippen molar-refractivity contribution in [1.29, 1.82) is 0 Å². The molecule has 37 heavy (non-hydrogen) atoms. The molecule has 0 unspecified atom stereocenters. The fourth-order valence-corrected chi connectivity index (χ4v) is 9.67. The van der Waals surface area contributed by atoms with Gasteiger partial charge in [-0.3, -0.25) is 4.79 Å². The Kier molecular flexibility index (Phi) is 6.72. The molecule has 204 valence electrons. The monoisotopic (exact) mass is 506 g/mol. The second kappa shape index (κ2) is 9.23. The molecule has 0 radical (unpaired) electrons. The molecule has 0 spiro atoms. The van der Waals surface area contributed by atoms with Gasteiger partial charge in [0.1, 0.15) is 0 Å². The lowest BCUT2D eigenvalue weighted by atomic mass is 9.51. The van der Waals surface area contributed by atoms with Crippen molar-refractivity contribution >= 4 is 5.91 Å². The Balaban J connectivity index is 1.40. The Morgan fingerprint density at radius 1 is 1.00 bits per heavy atom. The Bertz CT molecular complexity index is 1050. The molecule has 1 amide bonds. The number of hydrogen-bond acceptors (Lipinski definition) is 3. The summed E-state index contributed by atoms with van der Waals surface area (Å²) in [6, 6.07) is 10.2. The van der Waals surface area contributed by atoms with Crippen LogP contribution >= 0.6 is 0 Å². The molecule has 3 saturated carbocycles. The molecule has 0 aromatic heterocycles. The minimum absolute atomic E-state index is 0.00408. The fraction of sp³-hybridized carbons (Fsp3) is 0.727. The van der Waals surface area contributed by atoms with E-state index in [2.05, 4.69) is 65.0 Å². The normalized spacial score (nSPS) is 41.6. The topological polar surface area (TPSA) is 52.6 Å². The molecule has 2 N–H and O–H groups in total. The maximum Gasteiger partial charge on any atom is 0.251 e. The summed E-state index contributed by atoms with van der Waals surface area (Å²) >= 11 is 0. The van der Waals surface area contributed by atoms with Crippen molar-refractivity contribution in [2.75, 3.05) is 14.1 Å². The molecule has 4 aliphatic carbocycles. The lowest BCUT2D eigenvalue weighted by Crippen LogP contribution is -2.59. The quantitative estimate of drug-likeness (QED) is 0.461. The van der Waals surface area contributed by atoms with Gasteiger partial charge in [0.2, 0.25) is 0 Å². The largest absolute Gasteiger partial charge is 0.389 e. The molecular formula is C33H50N2O2. The zero-order chi connectivity index (χ0) is 26.8. The summed E-state index contributed by atoms with van der Waals surface area (Å²) < 4.78 is 0. The van der Waals surface area contributed by atoms with Crippen LogP contribution < -0.4 is 5.32 Å². The number of allylic oxidation sites excluding steroid dienone is 1. The molecule has 5 rings (SSSR count). The Hall–Kier alpha value is -1.65. The first-order valence-corrected chi connectivity index (χ1v) is 14.8. The van der Waals surface area contributed by atoms with Crippen LogP contribution in [0.15, 0.2) is 42.0 Å². The first-order chi connectivity index (χ1) is 17.3. The van der Waals surface area contributed by atoms with Gasteiger partial charge < -0.3 is 15.3 Å². The summed E-state index contributed by atoms with van der Waals surface area (Å²) in [5.41, 5.74) is 1.97. The van der Waals surface area contributed by atoms with Crippen molar-refractivity contribution in [1.82, 2.24) is 10.2 Å². The smallest absolute Gasteiger partial charge is 0.251 e. The minimum Gasteiger partial charge on any atom is -0.389 e. The summed E-state index contributed by atoms with van der Waals surface area (Å²) in [5, 5.41) is 15.6. The Labute approximate surface area is 225 Å². The number of nitrogens with zero attached hydrogens (tertiary/aromatic N) is 1. The lowest BCUT2D eigenvalue weighted by Gasteiger charge is -2.54. The second-order valence-electron chi connectivity index (χ2n) is 14.4. The van der Waals surface area contributed by atoms with Crippen LogP contribution in [-0.2, 0) is 0 Å². The Morgan fingerprint density at radius 3 is 2.38 bits per heavy atom. The average molecular weight is 507 g/mol. The number of carbonyl (C=O) groups is 1. The summed E-state index contributed by atoms with van der Waals surface area (Å²) in [4.78, 5) is 15.5. The van der Waals surface area contributed by atoms with Crippen molar-refractivity contribution in [3.63, 3.8) is 0 Å². The summed E-state index contributed by atoms with van der Waals surface area (Å²) in [5.74, 6) is 1.43. The molecule has 1 aromatic carbocycles. The fourth-order valence-electron chi connectivity index (χ4n) is 9.67. The van der Waals surface area contributed by atoms with Crippen molar-refractivity contribution in [3.05, 3.63) is 47.5 Å². The van der Waals surface area contributed by atoms with Gasteiger partial charge in [-0.1, -0.05) is 57.5 Å². The van der Waals surface area contributed by atoms with E-state index in [4.69, 9.17) is 0 Å². The molecule has 0 saturated heterocycles. The van der Waals surface area contributed by atoms with Crippen LogP contribution in [0.3, 0.4) is 0 Å². The maximum atomic E-state index is 13.1. The first kappa shape index (κ1) is 26.9. The number of carbonyl (C=O) groups excluding carboxylic acids is 1. The van der Waals surface area contributed by atoms with E-state index in [1.54, 1.807) is 0 Å². The standard InChI is InChI=1S/C33H50N2O2/c1-22(35(6)7)25-16-19-32(5)26-13-14-27-30(2,3)28(34-29(36)23-11-9-8-10-12-23)17-20-33(27,37)21-24(26)15-18-31(25,32)4/h8-12,15,22,25-28,37H,13-14,16-21H2,1-7H3,(H,34,36)/t22-,25-,26+,27-,28-,31+,32-,33-/m0/s1. The van der Waals surface area contributed by atoms with Crippen LogP contribution in [0.2, 0.25) is 0 Å². The van der Waals surface area contributed by atoms with Crippen LogP contribution in [-0.4, -0.2) is 47.7 Å². The van der Waals surface area contributed by atoms with Crippen molar-refractivity contribution < 1.29 is 9.90 Å². The minimum atomic E-state index is -0.683. The number of aliphatic hydroxyl groups is 1. The van der Waals surface area contributed by atoms with Crippen LogP contribution in [0.25, 0.3) is 0 Å². The molecule has 3 fully saturated rings. The van der Waals surface area contributed by atoms with Gasteiger partial charge in [-0.15, -0.1) is 0 Å². The first-order valence-electron chi connectivity index (χ1n) is 14.8. The van der Waals surface area contributed by atoms with Gasteiger partial charge in [-0.2, -0.15) is 0 Å². The summed E-state index contributed by atoms with van der Waals surface area (Å²) in [6.07, 6.45) is 10.9. The molecule has 4 nitrogen and oxygen atoms in total. The van der Waals surface area contributed by atoms with Gasteiger partial charge in [0.15, 0.2) is 0 Å². The zero-order valence-electron chi connectivity index (χ0n) is 24.3. The van der Waals surface area contributed by atoms with E-state index in [9.17, 15) is 9.90 Å². The average Bonchev–Trinajstić information content (AvgIpc) is 3.01. The number of rotatable bonds is 4. The number of amides is 1. The maximum absolute atomic E-state index is 13.1. The van der Waals surface area contributed by atoms with Gasteiger partial charge in [0.25, 0.3) is 5.91 Å². The molecular weight excluding hydrogens is 456 g/mol. The summed E-state index contributed by atoms with van der Waals surface area (Å²) in [7, 11) is 4.46. The number of nitrogens with one attached hydrogen (secondary N) is 1. The molecule has 4 heteroatoms. The predicted molar refractivity (Wildman–Crippen MR) is 151 cm³/mol. The van der Waals surface area contributed by atoms with Crippen LogP contribution in [0.1, 0.15) is 96.3 Å². The highest BCUT2D eigenvalue weighted by Crippen LogP contribution is 2.69. The van der Waals surface area contributed by atoms with Crippen molar-refractivity contribution in [2.24, 2.45) is 34.0 Å². The lowest BCUT2D eigenvalue weighted by molar-refractivity contribution is -0.113. The molecule has 4 aliphatic rings. The van der Waals surface area contributed by atoms with Gasteiger partial charge in [0, 0.05) is 17.6 Å². The molecule has 0 bridgehead atoms. The summed E-state index contributed by atoms with van der Waals surface area (Å²) in [6.45, 7) is 12.1. The van der Waals surface area contributed by atoms with Crippen molar-refractivity contribution in [2.45, 2.75) is 104 Å². The number of fused-ring (bicyclic) bond motifs is 4. The highest BCUT2D eigenvalue weighted by Gasteiger charge is 2.63. The van der Waals surface area contributed by atoms with E-state index in [1.165, 1.54) is 18.4 Å². The van der Waals surface area contributed by atoms with E-state index >= 15 is 0 Å². The third-order valence-corrected chi connectivity index (χ3v) is 12.4. The number of hydrogen-bond donors (Lipinski definition) is 2. The predicted octanol–water partition coefficient (Wildman–Crippen LogP) is 6.46. The van der Waals surface area contributed by atoms with E-state index in [0.717, 1.165) is 38.5 Å². The second-order valence-corrected chi connectivity index (χ2v) is 14.4.